The van der Waals surface area contributed by atoms with Crippen molar-refractivity contribution in [1.29, 1.82) is 0 Å². The first-order valence-electron chi connectivity index (χ1n) is 8.93. The Bertz CT molecular complexity index is 1090. The molecule has 2 aromatic carbocycles. The van der Waals surface area contributed by atoms with Crippen molar-refractivity contribution >= 4 is 28.3 Å². The van der Waals surface area contributed by atoms with E-state index < -0.39 is 0 Å². The Hall–Kier alpha value is -2.92. The number of hydrogen-bond acceptors (Lipinski definition) is 3. The van der Waals surface area contributed by atoms with Crippen molar-refractivity contribution in [1.82, 2.24) is 14.9 Å². The van der Waals surface area contributed by atoms with Gasteiger partial charge >= 0.3 is 0 Å². The second-order valence-electron chi connectivity index (χ2n) is 6.69. The van der Waals surface area contributed by atoms with Gasteiger partial charge < -0.3 is 9.88 Å². The van der Waals surface area contributed by atoms with Gasteiger partial charge in [0, 0.05) is 22.8 Å². The molecule has 0 radical (unpaired) electrons. The van der Waals surface area contributed by atoms with Gasteiger partial charge in [0.05, 0.1) is 22.9 Å². The molecular weight excluding hydrogens is 354 g/mol. The Balaban J connectivity index is 1.40. The van der Waals surface area contributed by atoms with Crippen molar-refractivity contribution in [2.45, 2.75) is 26.9 Å². The number of aryl methyl sites for hydroxylation is 2. The fraction of sp³-hybridized carbons (Fsp3) is 0.182. The minimum atomic E-state index is -0.00851. The van der Waals surface area contributed by atoms with Crippen LogP contribution in [-0.2, 0) is 13.1 Å². The molecule has 136 valence electrons. The minimum absolute atomic E-state index is 0.00851. The Kier molecular flexibility index (Phi) is 4.77. The molecule has 0 saturated carbocycles. The van der Waals surface area contributed by atoms with E-state index in [-0.39, 0.29) is 5.91 Å². The van der Waals surface area contributed by atoms with Crippen LogP contribution in [0.5, 0.6) is 0 Å². The van der Waals surface area contributed by atoms with Crippen molar-refractivity contribution in [3.63, 3.8) is 0 Å². The number of benzene rings is 2. The summed E-state index contributed by atoms with van der Waals surface area (Å²) in [5, 5.41) is 3.01. The molecule has 2 heterocycles. The average molecular weight is 375 g/mol. The number of rotatable bonds is 5. The number of hydrogen-bond donors (Lipinski definition) is 1. The number of carbonyl (C=O) groups excluding carboxylic acids is 1. The van der Waals surface area contributed by atoms with E-state index in [1.165, 1.54) is 5.56 Å². The lowest BCUT2D eigenvalue weighted by Gasteiger charge is -2.08. The van der Waals surface area contributed by atoms with Gasteiger partial charge in [0.25, 0.3) is 5.91 Å². The molecule has 1 N–H and O–H groups in total. The predicted molar refractivity (Wildman–Crippen MR) is 110 cm³/mol. The van der Waals surface area contributed by atoms with E-state index >= 15 is 0 Å². The molecule has 0 unspecified atom stereocenters. The lowest BCUT2D eigenvalue weighted by atomic mass is 10.1. The summed E-state index contributed by atoms with van der Waals surface area (Å²) in [6.45, 7) is 5.32. The maximum Gasteiger partial charge on any atom is 0.252 e. The van der Waals surface area contributed by atoms with E-state index in [1.807, 2.05) is 44.4 Å². The van der Waals surface area contributed by atoms with Gasteiger partial charge in [-0.05, 0) is 43.2 Å². The van der Waals surface area contributed by atoms with Crippen molar-refractivity contribution in [3.8, 4) is 0 Å². The highest BCUT2D eigenvalue weighted by molar-refractivity contribution is 7.12. The standard InChI is InChI=1S/C22H21N3OS/c1-15-11-19(16(2)27-15)22(26)23-12-17-7-9-18(10-8-17)13-25-14-24-20-5-3-4-6-21(20)25/h3-11,14H,12-13H2,1-2H3,(H,23,26). The summed E-state index contributed by atoms with van der Waals surface area (Å²) in [4.78, 5) is 19.0. The Morgan fingerprint density at radius 3 is 2.56 bits per heavy atom. The number of nitrogens with one attached hydrogen (secondary N) is 1. The number of aromatic nitrogens is 2. The number of carbonyl (C=O) groups is 1. The molecule has 0 bridgehead atoms. The maximum atomic E-state index is 12.3. The largest absolute Gasteiger partial charge is 0.348 e. The SMILES string of the molecule is Cc1cc(C(=O)NCc2ccc(Cn3cnc4ccccc43)cc2)c(C)s1. The molecule has 4 rings (SSSR count). The first-order valence-corrected chi connectivity index (χ1v) is 9.75. The lowest BCUT2D eigenvalue weighted by Crippen LogP contribution is -2.22. The predicted octanol–water partition coefficient (Wildman–Crippen LogP) is 4.69. The van der Waals surface area contributed by atoms with Crippen LogP contribution in [0.25, 0.3) is 11.0 Å². The summed E-state index contributed by atoms with van der Waals surface area (Å²) in [5.41, 5.74) is 5.22. The van der Waals surface area contributed by atoms with Gasteiger partial charge in [-0.3, -0.25) is 4.79 Å². The van der Waals surface area contributed by atoms with Gasteiger partial charge in [-0.1, -0.05) is 36.4 Å². The van der Waals surface area contributed by atoms with Crippen LogP contribution in [0.3, 0.4) is 0 Å². The van der Waals surface area contributed by atoms with Crippen molar-refractivity contribution in [2.75, 3.05) is 0 Å². The Morgan fingerprint density at radius 1 is 1.07 bits per heavy atom. The molecule has 0 aliphatic carbocycles. The maximum absolute atomic E-state index is 12.3. The van der Waals surface area contributed by atoms with Crippen LogP contribution in [0.4, 0.5) is 0 Å². The summed E-state index contributed by atoms with van der Waals surface area (Å²) >= 11 is 1.66. The van der Waals surface area contributed by atoms with Crippen LogP contribution in [0, 0.1) is 13.8 Å². The number of nitrogens with zero attached hydrogens (tertiary/aromatic N) is 2. The fourth-order valence-corrected chi connectivity index (χ4v) is 4.15. The third kappa shape index (κ3) is 3.78. The summed E-state index contributed by atoms with van der Waals surface area (Å²) in [7, 11) is 0. The normalized spacial score (nSPS) is 11.0. The van der Waals surface area contributed by atoms with Crippen LogP contribution in [0.1, 0.15) is 31.2 Å². The molecule has 27 heavy (non-hydrogen) atoms. The van der Waals surface area contributed by atoms with Crippen LogP contribution in [-0.4, -0.2) is 15.5 Å². The Morgan fingerprint density at radius 2 is 1.81 bits per heavy atom. The molecule has 2 aromatic heterocycles. The van der Waals surface area contributed by atoms with Gasteiger partial charge in [0.1, 0.15) is 0 Å². The quantitative estimate of drug-likeness (QED) is 0.550. The lowest BCUT2D eigenvalue weighted by molar-refractivity contribution is 0.0951. The number of imidazole rings is 1. The molecule has 0 fully saturated rings. The highest BCUT2D eigenvalue weighted by Crippen LogP contribution is 2.20. The first-order chi connectivity index (χ1) is 13.1. The third-order valence-electron chi connectivity index (χ3n) is 4.64. The fourth-order valence-electron chi connectivity index (χ4n) is 3.23. The zero-order valence-electron chi connectivity index (χ0n) is 15.4. The van der Waals surface area contributed by atoms with E-state index in [0.717, 1.165) is 38.5 Å². The van der Waals surface area contributed by atoms with Crippen molar-refractivity contribution < 1.29 is 4.79 Å². The topological polar surface area (TPSA) is 46.9 Å². The summed E-state index contributed by atoms with van der Waals surface area (Å²) < 4.78 is 2.15. The van der Waals surface area contributed by atoms with E-state index in [0.29, 0.717) is 6.54 Å². The van der Waals surface area contributed by atoms with E-state index in [1.54, 1.807) is 11.3 Å². The van der Waals surface area contributed by atoms with Gasteiger partial charge in [0.2, 0.25) is 0 Å². The smallest absolute Gasteiger partial charge is 0.252 e. The monoisotopic (exact) mass is 375 g/mol. The zero-order valence-corrected chi connectivity index (χ0v) is 16.2. The molecule has 0 saturated heterocycles. The Labute approximate surface area is 162 Å². The van der Waals surface area contributed by atoms with E-state index in [4.69, 9.17) is 0 Å². The molecule has 4 nitrogen and oxygen atoms in total. The molecule has 0 spiro atoms. The van der Waals surface area contributed by atoms with E-state index in [9.17, 15) is 4.79 Å². The van der Waals surface area contributed by atoms with Crippen LogP contribution in [0.15, 0.2) is 60.9 Å². The zero-order chi connectivity index (χ0) is 18.8. The second-order valence-corrected chi connectivity index (χ2v) is 8.15. The number of thiophene rings is 1. The molecule has 4 aromatic rings. The minimum Gasteiger partial charge on any atom is -0.348 e. The van der Waals surface area contributed by atoms with Crippen molar-refractivity contribution in [2.24, 2.45) is 0 Å². The molecule has 5 heteroatoms. The number of amides is 1. The van der Waals surface area contributed by atoms with Gasteiger partial charge in [-0.15, -0.1) is 11.3 Å². The van der Waals surface area contributed by atoms with Gasteiger partial charge in [0.15, 0.2) is 0 Å². The summed E-state index contributed by atoms with van der Waals surface area (Å²) in [6.07, 6.45) is 1.88. The van der Waals surface area contributed by atoms with Crippen molar-refractivity contribution in [3.05, 3.63) is 87.4 Å². The molecule has 0 aliphatic rings. The number of para-hydroxylation sites is 2. The molecule has 0 atom stereocenters. The van der Waals surface area contributed by atoms with Crippen LogP contribution in [0.2, 0.25) is 0 Å². The van der Waals surface area contributed by atoms with Gasteiger partial charge in [-0.2, -0.15) is 0 Å². The molecular formula is C22H21N3OS. The van der Waals surface area contributed by atoms with Crippen LogP contribution >= 0.6 is 11.3 Å². The third-order valence-corrected chi connectivity index (χ3v) is 5.61. The second kappa shape index (κ2) is 7.37. The van der Waals surface area contributed by atoms with E-state index in [2.05, 4.69) is 45.2 Å². The summed E-state index contributed by atoms with van der Waals surface area (Å²) in [5.74, 6) is -0.00851. The van der Waals surface area contributed by atoms with Crippen LogP contribution < -0.4 is 5.32 Å². The highest BCUT2D eigenvalue weighted by Gasteiger charge is 2.11. The van der Waals surface area contributed by atoms with Gasteiger partial charge in [-0.25, -0.2) is 4.98 Å². The molecule has 1 amide bonds. The first kappa shape index (κ1) is 17.5. The molecule has 0 aliphatic heterocycles. The number of fused-ring (bicyclic) bond motifs is 1. The summed E-state index contributed by atoms with van der Waals surface area (Å²) in [6, 6.07) is 18.4. The average Bonchev–Trinajstić information content (AvgIpc) is 3.23. The highest BCUT2D eigenvalue weighted by atomic mass is 32.1.